The van der Waals surface area contributed by atoms with E-state index in [2.05, 4.69) is 57.2 Å². The van der Waals surface area contributed by atoms with Gasteiger partial charge in [0.15, 0.2) is 6.10 Å². The van der Waals surface area contributed by atoms with E-state index in [1.54, 1.807) is 0 Å². The Kier molecular flexibility index (Phi) is 68.1. The predicted octanol–water partition coefficient (Wildman–Crippen LogP) is 25.1. The second-order valence-electron chi connectivity index (χ2n) is 24.9. The Morgan fingerprint density at radius 1 is 0.247 bits per heavy atom. The van der Waals surface area contributed by atoms with Crippen LogP contribution < -0.4 is 0 Å². The van der Waals surface area contributed by atoms with Crippen LogP contribution in [0.25, 0.3) is 0 Å². The van der Waals surface area contributed by atoms with Crippen molar-refractivity contribution < 1.29 is 28.6 Å². The number of ether oxygens (including phenoxy) is 3. The highest BCUT2D eigenvalue weighted by Gasteiger charge is 2.19. The quantitative estimate of drug-likeness (QED) is 0.0261. The molecule has 0 fully saturated rings. The predicted molar refractivity (Wildman–Crippen MR) is 353 cm³/mol. The molecule has 0 aliphatic carbocycles. The normalized spacial score (nSPS) is 12.2. The maximum absolute atomic E-state index is 13.0. The van der Waals surface area contributed by atoms with Crippen molar-refractivity contribution in [2.45, 2.75) is 412 Å². The summed E-state index contributed by atoms with van der Waals surface area (Å²) in [6, 6.07) is 0. The van der Waals surface area contributed by atoms with E-state index in [0.29, 0.717) is 19.3 Å². The van der Waals surface area contributed by atoms with Crippen LogP contribution in [-0.2, 0) is 28.6 Å². The Bertz CT molecular complexity index is 1350. The van der Waals surface area contributed by atoms with E-state index >= 15 is 0 Å². The van der Waals surface area contributed by atoms with E-state index in [9.17, 15) is 14.4 Å². The van der Waals surface area contributed by atoms with Crippen LogP contribution >= 0.6 is 0 Å². The van der Waals surface area contributed by atoms with Gasteiger partial charge in [0, 0.05) is 19.3 Å². The second kappa shape index (κ2) is 70.1. The zero-order chi connectivity index (χ0) is 58.5. The van der Waals surface area contributed by atoms with E-state index in [0.717, 1.165) is 77.0 Å². The largest absolute Gasteiger partial charge is 0.462 e. The molecule has 0 amide bonds. The van der Waals surface area contributed by atoms with Crippen LogP contribution in [0.2, 0.25) is 0 Å². The summed E-state index contributed by atoms with van der Waals surface area (Å²) in [5.74, 6) is -0.854. The van der Waals surface area contributed by atoms with Crippen LogP contribution in [0, 0.1) is 0 Å². The molecule has 476 valence electrons. The molecule has 0 saturated heterocycles. The smallest absolute Gasteiger partial charge is 0.306 e. The van der Waals surface area contributed by atoms with Crippen molar-refractivity contribution in [1.29, 1.82) is 0 Å². The maximum Gasteiger partial charge on any atom is 0.306 e. The van der Waals surface area contributed by atoms with Gasteiger partial charge in [-0.3, -0.25) is 14.4 Å². The number of carbonyl (C=O) groups excluding carboxylic acids is 3. The van der Waals surface area contributed by atoms with Crippen LogP contribution in [0.5, 0.6) is 0 Å². The van der Waals surface area contributed by atoms with Gasteiger partial charge in [0.1, 0.15) is 13.2 Å². The number of esters is 3. The molecule has 0 aliphatic heterocycles. The van der Waals surface area contributed by atoms with Crippen LogP contribution in [0.4, 0.5) is 0 Å². The molecule has 0 radical (unpaired) electrons. The zero-order valence-corrected chi connectivity index (χ0v) is 54.8. The van der Waals surface area contributed by atoms with Gasteiger partial charge in [0.25, 0.3) is 0 Å². The first-order chi connectivity index (χ1) is 40.0. The Balaban J connectivity index is 4.26. The minimum Gasteiger partial charge on any atom is -0.462 e. The van der Waals surface area contributed by atoms with Crippen molar-refractivity contribution >= 4 is 17.9 Å². The fraction of sp³-hybridized carbons (Fsp3) is 0.880. The third kappa shape index (κ3) is 68.3. The second-order valence-corrected chi connectivity index (χ2v) is 24.9. The molecule has 81 heavy (non-hydrogen) atoms. The van der Waals surface area contributed by atoms with Gasteiger partial charge < -0.3 is 14.2 Å². The summed E-state index contributed by atoms with van der Waals surface area (Å²) in [6.07, 6.45) is 87.5. The van der Waals surface area contributed by atoms with E-state index < -0.39 is 6.10 Å². The number of allylic oxidation sites excluding steroid dienone is 6. The highest BCUT2D eigenvalue weighted by Crippen LogP contribution is 2.19. The van der Waals surface area contributed by atoms with Crippen molar-refractivity contribution in [3.63, 3.8) is 0 Å². The first-order valence-electron chi connectivity index (χ1n) is 36.5. The molecule has 0 spiro atoms. The topological polar surface area (TPSA) is 78.9 Å². The fourth-order valence-corrected chi connectivity index (χ4v) is 11.1. The van der Waals surface area contributed by atoms with Crippen LogP contribution in [0.1, 0.15) is 406 Å². The number of rotatable bonds is 68. The van der Waals surface area contributed by atoms with Gasteiger partial charge in [-0.05, 0) is 77.0 Å². The standard InChI is InChI=1S/C75H140O6/c1-4-7-10-13-16-19-22-25-28-31-33-35-36-37-38-39-40-41-43-44-47-50-53-56-59-62-65-68-74(77)80-71-72(70-79-73(76)67-64-61-58-55-52-49-46-30-27-24-21-18-15-12-9-6-3)81-75(78)69-66-63-60-57-54-51-48-45-42-34-32-29-26-23-20-17-14-11-8-5-2/h21,24,30-31,33,46,72H,4-20,22-23,25-29,32,34-45,47-71H2,1-3H3/b24-21-,33-31-,46-30-. The van der Waals surface area contributed by atoms with E-state index in [-0.39, 0.29) is 31.1 Å². The molecule has 0 rings (SSSR count). The van der Waals surface area contributed by atoms with Crippen molar-refractivity contribution in [2.75, 3.05) is 13.2 Å². The van der Waals surface area contributed by atoms with Crippen LogP contribution in [0.3, 0.4) is 0 Å². The molecular formula is C75H140O6. The van der Waals surface area contributed by atoms with Crippen molar-refractivity contribution in [3.05, 3.63) is 36.5 Å². The van der Waals surface area contributed by atoms with Crippen molar-refractivity contribution in [3.8, 4) is 0 Å². The third-order valence-electron chi connectivity index (χ3n) is 16.6. The summed E-state index contributed by atoms with van der Waals surface area (Å²) in [6.45, 7) is 6.69. The number of hydrogen-bond acceptors (Lipinski definition) is 6. The Morgan fingerprint density at radius 3 is 0.704 bits per heavy atom. The monoisotopic (exact) mass is 1140 g/mol. The lowest BCUT2D eigenvalue weighted by atomic mass is 10.0. The van der Waals surface area contributed by atoms with Crippen LogP contribution in [-0.4, -0.2) is 37.2 Å². The van der Waals surface area contributed by atoms with Gasteiger partial charge in [0.05, 0.1) is 0 Å². The summed E-state index contributed by atoms with van der Waals surface area (Å²) in [5.41, 5.74) is 0. The molecule has 1 atom stereocenters. The van der Waals surface area contributed by atoms with Gasteiger partial charge in [-0.25, -0.2) is 0 Å². The first kappa shape index (κ1) is 78.6. The van der Waals surface area contributed by atoms with Crippen molar-refractivity contribution in [2.24, 2.45) is 0 Å². The molecule has 0 aromatic carbocycles. The maximum atomic E-state index is 13.0. The Morgan fingerprint density at radius 2 is 0.444 bits per heavy atom. The molecule has 6 heteroatoms. The number of carbonyl (C=O) groups is 3. The van der Waals surface area contributed by atoms with Gasteiger partial charge in [0.2, 0.25) is 0 Å². The number of hydrogen-bond donors (Lipinski definition) is 0. The molecule has 0 N–H and O–H groups in total. The van der Waals surface area contributed by atoms with E-state index in [4.69, 9.17) is 14.2 Å². The van der Waals surface area contributed by atoms with Gasteiger partial charge >= 0.3 is 17.9 Å². The zero-order valence-electron chi connectivity index (χ0n) is 54.8. The van der Waals surface area contributed by atoms with Crippen LogP contribution in [0.15, 0.2) is 36.5 Å². The number of unbranched alkanes of at least 4 members (excludes halogenated alkanes) is 51. The summed E-state index contributed by atoms with van der Waals surface area (Å²) in [4.78, 5) is 38.5. The lowest BCUT2D eigenvalue weighted by Gasteiger charge is -2.18. The van der Waals surface area contributed by atoms with Gasteiger partial charge in [-0.1, -0.05) is 346 Å². The molecule has 0 aromatic heterocycles. The average Bonchev–Trinajstić information content (AvgIpc) is 3.47. The molecule has 0 bridgehead atoms. The average molecular weight is 1140 g/mol. The Hall–Kier alpha value is -2.37. The summed E-state index contributed by atoms with van der Waals surface area (Å²) >= 11 is 0. The SMILES string of the molecule is CCCCCC/C=C\C/C=C\CCCCCCCC(=O)OCC(COC(=O)CCCCCCCCCCCCCCCCC/C=C\CCCCCCCCCC)OC(=O)CCCCCCCCCCCCCCCCCCCCCC. The first-order valence-corrected chi connectivity index (χ1v) is 36.5. The van der Waals surface area contributed by atoms with Gasteiger partial charge in [-0.15, -0.1) is 0 Å². The summed E-state index contributed by atoms with van der Waals surface area (Å²) < 4.78 is 17.0. The highest BCUT2D eigenvalue weighted by atomic mass is 16.6. The Labute approximate surface area is 506 Å². The molecule has 0 aromatic rings. The minimum atomic E-state index is -0.776. The molecule has 1 unspecified atom stereocenters. The summed E-state index contributed by atoms with van der Waals surface area (Å²) in [7, 11) is 0. The lowest BCUT2D eigenvalue weighted by molar-refractivity contribution is -0.167. The van der Waals surface area contributed by atoms with Crippen molar-refractivity contribution in [1.82, 2.24) is 0 Å². The van der Waals surface area contributed by atoms with E-state index in [1.807, 2.05) is 0 Å². The molecule has 0 aliphatic rings. The summed E-state index contributed by atoms with van der Waals surface area (Å²) in [5, 5.41) is 0. The third-order valence-corrected chi connectivity index (χ3v) is 16.6. The molecule has 0 heterocycles. The van der Waals surface area contributed by atoms with E-state index in [1.165, 1.54) is 289 Å². The molecular weight excluding hydrogens is 997 g/mol. The fourth-order valence-electron chi connectivity index (χ4n) is 11.1. The highest BCUT2D eigenvalue weighted by molar-refractivity contribution is 5.71. The minimum absolute atomic E-state index is 0.0712. The van der Waals surface area contributed by atoms with Gasteiger partial charge in [-0.2, -0.15) is 0 Å². The molecule has 6 nitrogen and oxygen atoms in total. The molecule has 0 saturated carbocycles. The lowest BCUT2D eigenvalue weighted by Crippen LogP contribution is -2.30.